The molecular weight excluding hydrogens is 510 g/mol. The first kappa shape index (κ1) is 27.3. The van der Waals surface area contributed by atoms with Gasteiger partial charge in [-0.1, -0.05) is 57.2 Å². The van der Waals surface area contributed by atoms with Crippen LogP contribution >= 0.6 is 0 Å². The van der Waals surface area contributed by atoms with E-state index in [0.717, 1.165) is 42.2 Å². The topological polar surface area (TPSA) is 41.4 Å². The van der Waals surface area contributed by atoms with Crippen LogP contribution in [-0.2, 0) is 27.7 Å². The van der Waals surface area contributed by atoms with Gasteiger partial charge >= 0.3 is 0 Å². The Bertz CT molecular complexity index is 1410. The van der Waals surface area contributed by atoms with Gasteiger partial charge in [0.15, 0.2) is 11.5 Å². The highest BCUT2D eigenvalue weighted by molar-refractivity contribution is 5.77. The standard InChI is InChI=1S/C33H35NO4.ClH/c1-6-15-36-32-27-19-34-14-13-22-17-29-30(38-20-37-29)18-25(22)31(34)26(24(27)11-12-28(32)35-5)16-21-7-9-23(10-8-21)33(2,3)4;/h6-12,17-19,32H,1,13-16,20H2,2-5H3;1H. The van der Waals surface area contributed by atoms with Crippen LogP contribution in [-0.4, -0.2) is 33.2 Å². The Hall–Kier alpha value is -3.25. The minimum atomic E-state index is -0.261. The number of nitrogens with one attached hydrogen (secondary N) is 1. The van der Waals surface area contributed by atoms with Crippen molar-refractivity contribution < 1.29 is 36.3 Å². The van der Waals surface area contributed by atoms with Crippen LogP contribution in [0, 0.1) is 0 Å². The monoisotopic (exact) mass is 545 g/mol. The van der Waals surface area contributed by atoms with Crippen LogP contribution in [0.3, 0.4) is 0 Å². The highest BCUT2D eigenvalue weighted by Gasteiger charge is 2.40. The maximum absolute atomic E-state index is 6.27. The maximum atomic E-state index is 6.27. The second-order valence-electron chi connectivity index (χ2n) is 11.3. The first-order valence-corrected chi connectivity index (χ1v) is 13.4. The molecule has 6 heteroatoms. The van der Waals surface area contributed by atoms with Crippen LogP contribution in [0.15, 0.2) is 89.9 Å². The van der Waals surface area contributed by atoms with Crippen molar-refractivity contribution in [3.05, 3.63) is 112 Å². The summed E-state index contributed by atoms with van der Waals surface area (Å²) in [6.07, 6.45) is 9.90. The number of quaternary nitrogens is 1. The van der Waals surface area contributed by atoms with Gasteiger partial charge in [0, 0.05) is 29.6 Å². The first-order valence-electron chi connectivity index (χ1n) is 13.4. The Morgan fingerprint density at radius 2 is 1.82 bits per heavy atom. The summed E-state index contributed by atoms with van der Waals surface area (Å²) in [5, 5.41) is 0. The normalized spacial score (nSPS) is 21.0. The molecule has 0 fully saturated rings. The third-order valence-electron chi connectivity index (χ3n) is 7.89. The number of benzene rings is 2. The highest BCUT2D eigenvalue weighted by Crippen LogP contribution is 2.42. The van der Waals surface area contributed by atoms with E-state index in [4.69, 9.17) is 18.9 Å². The molecule has 1 N–H and O–H groups in total. The largest absolute Gasteiger partial charge is 1.00 e. The Kier molecular flexibility index (Phi) is 7.51. The molecule has 0 spiro atoms. The number of hydrogen-bond acceptors (Lipinski definition) is 4. The zero-order valence-electron chi connectivity index (χ0n) is 23.1. The first-order chi connectivity index (χ1) is 18.4. The van der Waals surface area contributed by atoms with Gasteiger partial charge < -0.3 is 31.4 Å². The number of methoxy groups -OCH3 is 1. The summed E-state index contributed by atoms with van der Waals surface area (Å²) in [6, 6.07) is 13.4. The van der Waals surface area contributed by atoms with Crippen molar-refractivity contribution in [2.45, 2.75) is 45.1 Å². The minimum Gasteiger partial charge on any atom is -1.00 e. The van der Waals surface area contributed by atoms with Gasteiger partial charge in [0.2, 0.25) is 6.79 Å². The molecule has 3 heterocycles. The Balaban J connectivity index is 0.00000308. The van der Waals surface area contributed by atoms with E-state index < -0.39 is 0 Å². The molecule has 2 unspecified atom stereocenters. The minimum absolute atomic E-state index is 0. The van der Waals surface area contributed by atoms with E-state index in [9.17, 15) is 0 Å². The Labute approximate surface area is 237 Å². The highest BCUT2D eigenvalue weighted by atomic mass is 35.5. The molecule has 1 aliphatic carbocycles. The zero-order chi connectivity index (χ0) is 26.4. The van der Waals surface area contributed by atoms with Gasteiger partial charge in [-0.15, -0.1) is 6.58 Å². The summed E-state index contributed by atoms with van der Waals surface area (Å²) in [4.78, 5) is 1.34. The van der Waals surface area contributed by atoms with Gasteiger partial charge in [-0.2, -0.15) is 0 Å². The van der Waals surface area contributed by atoms with E-state index in [1.54, 1.807) is 13.2 Å². The molecule has 5 nitrogen and oxygen atoms in total. The number of allylic oxidation sites excluding steroid dienone is 3. The SMILES string of the molecule is C=CCOC1C(OC)=CC=C2C1=C[NH+]1CCc3cc4c(cc3C1=C2Cc1ccc(C(C)(C)C)cc1)OCO4.[Cl-]. The third-order valence-corrected chi connectivity index (χ3v) is 7.89. The van der Waals surface area contributed by atoms with E-state index in [2.05, 4.69) is 82.1 Å². The zero-order valence-corrected chi connectivity index (χ0v) is 23.9. The van der Waals surface area contributed by atoms with Crippen molar-refractivity contribution in [2.75, 3.05) is 27.1 Å². The molecule has 6 rings (SSSR count). The molecule has 204 valence electrons. The van der Waals surface area contributed by atoms with Crippen LogP contribution in [0.4, 0.5) is 0 Å². The predicted octanol–water partition coefficient (Wildman–Crippen LogP) is 2.05. The van der Waals surface area contributed by atoms with Crippen LogP contribution in [0.2, 0.25) is 0 Å². The van der Waals surface area contributed by atoms with E-state index >= 15 is 0 Å². The number of rotatable bonds is 6. The fourth-order valence-electron chi connectivity index (χ4n) is 5.91. The molecule has 2 atom stereocenters. The summed E-state index contributed by atoms with van der Waals surface area (Å²) >= 11 is 0. The van der Waals surface area contributed by atoms with E-state index in [1.807, 2.05) is 0 Å². The van der Waals surface area contributed by atoms with Crippen LogP contribution in [0.5, 0.6) is 11.5 Å². The quantitative estimate of drug-likeness (QED) is 0.564. The van der Waals surface area contributed by atoms with Crippen molar-refractivity contribution in [1.29, 1.82) is 0 Å². The van der Waals surface area contributed by atoms with Crippen molar-refractivity contribution >= 4 is 5.70 Å². The molecule has 0 saturated heterocycles. The third kappa shape index (κ3) is 4.95. The van der Waals surface area contributed by atoms with E-state index in [-0.39, 0.29) is 30.7 Å². The Morgan fingerprint density at radius 3 is 2.51 bits per heavy atom. The number of hydrogen-bond donors (Lipinski definition) is 1. The van der Waals surface area contributed by atoms with Crippen LogP contribution in [0.25, 0.3) is 5.70 Å². The molecule has 0 saturated carbocycles. The second kappa shape index (κ2) is 10.7. The maximum Gasteiger partial charge on any atom is 0.231 e. The van der Waals surface area contributed by atoms with Crippen LogP contribution in [0.1, 0.15) is 43.0 Å². The molecule has 0 bridgehead atoms. The molecule has 2 aromatic rings. The lowest BCUT2D eigenvalue weighted by Crippen LogP contribution is -3.06. The fourth-order valence-corrected chi connectivity index (χ4v) is 5.91. The van der Waals surface area contributed by atoms with Crippen molar-refractivity contribution in [3.8, 4) is 11.5 Å². The lowest BCUT2D eigenvalue weighted by atomic mass is 9.79. The molecule has 0 amide bonds. The van der Waals surface area contributed by atoms with Gasteiger partial charge in [0.1, 0.15) is 23.8 Å². The molecule has 0 aromatic heterocycles. The molecule has 0 radical (unpaired) electrons. The van der Waals surface area contributed by atoms with E-state index in [1.165, 1.54) is 44.0 Å². The molecular formula is C33H36ClNO4. The van der Waals surface area contributed by atoms with E-state index in [0.29, 0.717) is 6.61 Å². The molecule has 39 heavy (non-hydrogen) atoms. The summed E-state index contributed by atoms with van der Waals surface area (Å²) in [5.74, 6) is 2.49. The number of halogens is 1. The summed E-state index contributed by atoms with van der Waals surface area (Å²) in [7, 11) is 1.71. The number of ether oxygens (including phenoxy) is 4. The second-order valence-corrected chi connectivity index (χ2v) is 11.3. The predicted molar refractivity (Wildman–Crippen MR) is 149 cm³/mol. The van der Waals surface area contributed by atoms with Gasteiger partial charge in [0.05, 0.1) is 20.3 Å². The molecule has 4 aliphatic rings. The molecule has 3 aliphatic heterocycles. The van der Waals surface area contributed by atoms with Gasteiger partial charge in [-0.3, -0.25) is 4.90 Å². The van der Waals surface area contributed by atoms with Crippen molar-refractivity contribution in [1.82, 2.24) is 0 Å². The summed E-state index contributed by atoms with van der Waals surface area (Å²) in [6.45, 7) is 12.3. The number of fused-ring (bicyclic) bond motifs is 5. The van der Waals surface area contributed by atoms with Crippen LogP contribution < -0.4 is 26.8 Å². The lowest BCUT2D eigenvalue weighted by Gasteiger charge is -2.36. The average Bonchev–Trinajstić information content (AvgIpc) is 3.37. The summed E-state index contributed by atoms with van der Waals surface area (Å²) < 4.78 is 23.5. The lowest BCUT2D eigenvalue weighted by molar-refractivity contribution is -0.771. The smallest absolute Gasteiger partial charge is 0.231 e. The molecule has 2 aromatic carbocycles. The van der Waals surface area contributed by atoms with Gasteiger partial charge in [-0.05, 0) is 45.9 Å². The summed E-state index contributed by atoms with van der Waals surface area (Å²) in [5.41, 5.74) is 10.3. The fraction of sp³-hybridized carbons (Fsp3) is 0.333. The van der Waals surface area contributed by atoms with Crippen molar-refractivity contribution in [3.63, 3.8) is 0 Å². The van der Waals surface area contributed by atoms with Crippen molar-refractivity contribution in [2.24, 2.45) is 0 Å². The average molecular weight is 546 g/mol. The van der Waals surface area contributed by atoms with Gasteiger partial charge in [-0.25, -0.2) is 0 Å². The Morgan fingerprint density at radius 1 is 1.08 bits per heavy atom. The van der Waals surface area contributed by atoms with Gasteiger partial charge in [0.25, 0.3) is 0 Å².